The molecule has 0 bridgehead atoms. The zero-order valence-electron chi connectivity index (χ0n) is 9.25. The van der Waals surface area contributed by atoms with Gasteiger partial charge in [0.15, 0.2) is 0 Å². The molecule has 3 nitrogen and oxygen atoms in total. The van der Waals surface area contributed by atoms with Crippen molar-refractivity contribution in [3.05, 3.63) is 28.2 Å². The van der Waals surface area contributed by atoms with E-state index in [0.717, 1.165) is 40.3 Å². The second kappa shape index (κ2) is 4.78. The Hall–Kier alpha value is -1.16. The second-order valence-corrected chi connectivity index (χ2v) is 4.19. The zero-order valence-corrected chi connectivity index (χ0v) is 10.8. The lowest BCUT2D eigenvalue weighted by Gasteiger charge is -2.12. The average molecular weight is 285 g/mol. The van der Waals surface area contributed by atoms with Gasteiger partial charge in [-0.25, -0.2) is 0 Å². The standard InChI is InChI=1S/C12H13BrO3/c1-14-10-6-8(9-4-3-5-16-9)7-11(15-2)12(10)13/h4,6-7H,3,5H2,1-2H3. The predicted octanol–water partition coefficient (Wildman–Crippen LogP) is 3.23. The third-order valence-electron chi connectivity index (χ3n) is 2.44. The first-order chi connectivity index (χ1) is 7.76. The van der Waals surface area contributed by atoms with Crippen molar-refractivity contribution in [3.63, 3.8) is 0 Å². The molecule has 0 atom stereocenters. The van der Waals surface area contributed by atoms with E-state index in [-0.39, 0.29) is 0 Å². The van der Waals surface area contributed by atoms with Crippen LogP contribution in [0.4, 0.5) is 0 Å². The van der Waals surface area contributed by atoms with Gasteiger partial charge in [0.25, 0.3) is 0 Å². The van der Waals surface area contributed by atoms with Crippen LogP contribution in [0.1, 0.15) is 12.0 Å². The van der Waals surface area contributed by atoms with Crippen LogP contribution in [0.2, 0.25) is 0 Å². The van der Waals surface area contributed by atoms with Crippen LogP contribution in [0.3, 0.4) is 0 Å². The molecular formula is C12H13BrO3. The molecule has 0 spiro atoms. The SMILES string of the molecule is COc1cc(C2=CCCO2)cc(OC)c1Br. The summed E-state index contributed by atoms with van der Waals surface area (Å²) >= 11 is 3.43. The summed E-state index contributed by atoms with van der Waals surface area (Å²) in [5, 5.41) is 0. The molecule has 0 unspecified atom stereocenters. The molecule has 0 aliphatic carbocycles. The highest BCUT2D eigenvalue weighted by Crippen LogP contribution is 2.38. The lowest BCUT2D eigenvalue weighted by molar-refractivity contribution is 0.307. The van der Waals surface area contributed by atoms with Crippen LogP contribution in [-0.4, -0.2) is 20.8 Å². The number of ether oxygens (including phenoxy) is 3. The molecule has 0 saturated carbocycles. The first-order valence-electron chi connectivity index (χ1n) is 5.01. The van der Waals surface area contributed by atoms with Gasteiger partial charge < -0.3 is 14.2 Å². The number of hydrogen-bond acceptors (Lipinski definition) is 3. The van der Waals surface area contributed by atoms with Crippen molar-refractivity contribution in [2.45, 2.75) is 6.42 Å². The summed E-state index contributed by atoms with van der Waals surface area (Å²) in [6.07, 6.45) is 3.03. The highest BCUT2D eigenvalue weighted by atomic mass is 79.9. The van der Waals surface area contributed by atoms with Gasteiger partial charge >= 0.3 is 0 Å². The van der Waals surface area contributed by atoms with Crippen molar-refractivity contribution >= 4 is 21.7 Å². The molecule has 16 heavy (non-hydrogen) atoms. The number of benzene rings is 1. The van der Waals surface area contributed by atoms with Crippen molar-refractivity contribution in [3.8, 4) is 11.5 Å². The molecule has 0 N–H and O–H groups in total. The monoisotopic (exact) mass is 284 g/mol. The molecular weight excluding hydrogens is 272 g/mol. The van der Waals surface area contributed by atoms with Crippen molar-refractivity contribution < 1.29 is 14.2 Å². The van der Waals surface area contributed by atoms with E-state index in [2.05, 4.69) is 22.0 Å². The largest absolute Gasteiger partial charge is 0.495 e. The molecule has 0 fully saturated rings. The van der Waals surface area contributed by atoms with E-state index in [4.69, 9.17) is 14.2 Å². The molecule has 0 aromatic heterocycles. The molecule has 1 aromatic carbocycles. The summed E-state index contributed by atoms with van der Waals surface area (Å²) in [6, 6.07) is 3.87. The lowest BCUT2D eigenvalue weighted by atomic mass is 10.1. The maximum Gasteiger partial charge on any atom is 0.137 e. The molecule has 0 radical (unpaired) electrons. The Morgan fingerprint density at radius 1 is 1.19 bits per heavy atom. The Kier molecular flexibility index (Phi) is 3.39. The maximum absolute atomic E-state index is 5.51. The van der Waals surface area contributed by atoms with Gasteiger partial charge in [-0.1, -0.05) is 0 Å². The van der Waals surface area contributed by atoms with Gasteiger partial charge in [0.05, 0.1) is 20.8 Å². The van der Waals surface area contributed by atoms with Crippen LogP contribution in [0.25, 0.3) is 5.76 Å². The molecule has 0 amide bonds. The Labute approximate surface area is 103 Å². The highest BCUT2D eigenvalue weighted by molar-refractivity contribution is 9.10. The Morgan fingerprint density at radius 3 is 2.25 bits per heavy atom. The van der Waals surface area contributed by atoms with Crippen LogP contribution in [0, 0.1) is 0 Å². The van der Waals surface area contributed by atoms with Crippen molar-refractivity contribution in [1.82, 2.24) is 0 Å². The molecule has 86 valence electrons. The first-order valence-corrected chi connectivity index (χ1v) is 5.80. The molecule has 0 saturated heterocycles. The van der Waals surface area contributed by atoms with Crippen molar-refractivity contribution in [2.24, 2.45) is 0 Å². The van der Waals surface area contributed by atoms with Gasteiger partial charge in [0, 0.05) is 12.0 Å². The topological polar surface area (TPSA) is 27.7 Å². The number of methoxy groups -OCH3 is 2. The van der Waals surface area contributed by atoms with Crippen LogP contribution >= 0.6 is 15.9 Å². The Bertz CT molecular complexity index is 401. The Morgan fingerprint density at radius 2 is 1.81 bits per heavy atom. The van der Waals surface area contributed by atoms with E-state index in [0.29, 0.717) is 0 Å². The molecule has 1 heterocycles. The quantitative estimate of drug-likeness (QED) is 0.853. The highest BCUT2D eigenvalue weighted by Gasteiger charge is 2.15. The van der Waals surface area contributed by atoms with Gasteiger partial charge in [-0.15, -0.1) is 0 Å². The number of halogens is 1. The lowest BCUT2D eigenvalue weighted by Crippen LogP contribution is -1.94. The van der Waals surface area contributed by atoms with Gasteiger partial charge in [-0.05, 0) is 34.1 Å². The molecule has 2 rings (SSSR count). The van der Waals surface area contributed by atoms with Crippen molar-refractivity contribution in [1.29, 1.82) is 0 Å². The minimum absolute atomic E-state index is 0.741. The van der Waals surface area contributed by atoms with E-state index < -0.39 is 0 Å². The van der Waals surface area contributed by atoms with Crippen LogP contribution < -0.4 is 9.47 Å². The van der Waals surface area contributed by atoms with E-state index in [1.807, 2.05) is 12.1 Å². The van der Waals surface area contributed by atoms with Crippen molar-refractivity contribution in [2.75, 3.05) is 20.8 Å². The predicted molar refractivity (Wildman–Crippen MR) is 65.8 cm³/mol. The van der Waals surface area contributed by atoms with Crippen LogP contribution in [-0.2, 0) is 4.74 Å². The normalized spacial score (nSPS) is 14.3. The summed E-state index contributed by atoms with van der Waals surface area (Å²) in [5.74, 6) is 2.38. The Balaban J connectivity index is 2.46. The van der Waals surface area contributed by atoms with Gasteiger partial charge in [0.2, 0.25) is 0 Å². The minimum atomic E-state index is 0.741. The van der Waals surface area contributed by atoms with Gasteiger partial charge in [0.1, 0.15) is 21.7 Å². The first kappa shape index (κ1) is 11.3. The second-order valence-electron chi connectivity index (χ2n) is 3.40. The summed E-state index contributed by atoms with van der Waals surface area (Å²) in [5.41, 5.74) is 0.981. The van der Waals surface area contributed by atoms with E-state index in [1.54, 1.807) is 14.2 Å². The van der Waals surface area contributed by atoms with Gasteiger partial charge in [-0.3, -0.25) is 0 Å². The minimum Gasteiger partial charge on any atom is -0.495 e. The van der Waals surface area contributed by atoms with E-state index in [9.17, 15) is 0 Å². The number of hydrogen-bond donors (Lipinski definition) is 0. The fraction of sp³-hybridized carbons (Fsp3) is 0.333. The summed E-state index contributed by atoms with van der Waals surface area (Å²) < 4.78 is 16.9. The summed E-state index contributed by atoms with van der Waals surface area (Å²) in [7, 11) is 3.26. The fourth-order valence-electron chi connectivity index (χ4n) is 1.63. The van der Waals surface area contributed by atoms with E-state index >= 15 is 0 Å². The van der Waals surface area contributed by atoms with E-state index in [1.165, 1.54) is 0 Å². The summed E-state index contributed by atoms with van der Waals surface area (Å²) in [4.78, 5) is 0. The summed E-state index contributed by atoms with van der Waals surface area (Å²) in [6.45, 7) is 0.746. The molecule has 4 heteroatoms. The van der Waals surface area contributed by atoms with Crippen LogP contribution in [0.15, 0.2) is 22.7 Å². The zero-order chi connectivity index (χ0) is 11.5. The third-order valence-corrected chi connectivity index (χ3v) is 3.22. The van der Waals surface area contributed by atoms with Crippen LogP contribution in [0.5, 0.6) is 11.5 Å². The third kappa shape index (κ3) is 2.02. The molecule has 1 aliphatic rings. The number of rotatable bonds is 3. The average Bonchev–Trinajstić information content (AvgIpc) is 2.83. The fourth-order valence-corrected chi connectivity index (χ4v) is 2.18. The molecule has 1 aliphatic heterocycles. The molecule has 1 aromatic rings. The maximum atomic E-state index is 5.51. The van der Waals surface area contributed by atoms with Gasteiger partial charge in [-0.2, -0.15) is 0 Å². The smallest absolute Gasteiger partial charge is 0.137 e.